The molecule has 4 atom stereocenters. The molecule has 0 spiro atoms. The van der Waals surface area contributed by atoms with Crippen LogP contribution in [0.25, 0.3) is 0 Å². The summed E-state index contributed by atoms with van der Waals surface area (Å²) < 4.78 is 0. The van der Waals surface area contributed by atoms with Crippen molar-refractivity contribution in [2.45, 2.75) is 72.6 Å². The second-order valence-electron chi connectivity index (χ2n) is 9.35. The van der Waals surface area contributed by atoms with E-state index in [0.29, 0.717) is 0 Å². The molecule has 136 valence electrons. The predicted molar refractivity (Wildman–Crippen MR) is 110 cm³/mol. The smallest absolute Gasteiger partial charge is 0.00182 e. The molecule has 2 aliphatic rings. The van der Waals surface area contributed by atoms with E-state index in [1.807, 2.05) is 0 Å². The SMILES string of the molecule is C/C=C1/CS(C)(C)CC(C)C1C(C)CC(CCC)CC1CCC1. The Labute approximate surface area is 148 Å². The molecule has 0 amide bonds. The largest absolute Gasteiger partial charge is 0.243 e. The first-order valence-corrected chi connectivity index (χ1v) is 13.0. The van der Waals surface area contributed by atoms with E-state index in [1.54, 1.807) is 5.57 Å². The molecule has 0 bridgehead atoms. The third-order valence-electron chi connectivity index (χ3n) is 6.59. The number of hydrogen-bond donors (Lipinski definition) is 0. The van der Waals surface area contributed by atoms with Crippen molar-refractivity contribution in [3.63, 3.8) is 0 Å². The van der Waals surface area contributed by atoms with Gasteiger partial charge in [-0.05, 0) is 73.4 Å². The molecule has 1 aliphatic carbocycles. The Kier molecular flexibility index (Phi) is 7.14. The van der Waals surface area contributed by atoms with Crippen LogP contribution in [-0.2, 0) is 0 Å². The standard InChI is InChI=1S/C22H42S/c1-7-10-20(14-19-11-9-12-19)13-17(3)22-18(4)15-23(5,6)16-21(22)8-2/h8,17-20,22H,7,9-16H2,1-6H3/b21-8-. The predicted octanol–water partition coefficient (Wildman–Crippen LogP) is 6.90. The average Bonchev–Trinajstić information content (AvgIpc) is 2.40. The minimum Gasteiger partial charge on any atom is -0.243 e. The monoisotopic (exact) mass is 338 g/mol. The van der Waals surface area contributed by atoms with Crippen LogP contribution < -0.4 is 0 Å². The third-order valence-corrected chi connectivity index (χ3v) is 9.13. The van der Waals surface area contributed by atoms with Gasteiger partial charge in [-0.3, -0.25) is 0 Å². The van der Waals surface area contributed by atoms with Gasteiger partial charge >= 0.3 is 0 Å². The van der Waals surface area contributed by atoms with Gasteiger partial charge in [-0.1, -0.05) is 64.5 Å². The molecule has 0 N–H and O–H groups in total. The first-order valence-electron chi connectivity index (χ1n) is 10.2. The maximum atomic E-state index is 2.57. The maximum Gasteiger partial charge on any atom is -0.00182 e. The highest BCUT2D eigenvalue weighted by molar-refractivity contribution is 8.32. The lowest BCUT2D eigenvalue weighted by Crippen LogP contribution is -2.35. The molecule has 2 fully saturated rings. The summed E-state index contributed by atoms with van der Waals surface area (Å²) in [5.74, 6) is 7.59. The van der Waals surface area contributed by atoms with Gasteiger partial charge in [-0.2, -0.15) is 0 Å². The van der Waals surface area contributed by atoms with Gasteiger partial charge < -0.3 is 0 Å². The van der Waals surface area contributed by atoms with E-state index < -0.39 is 0 Å². The number of allylic oxidation sites excluding steroid dienone is 1. The van der Waals surface area contributed by atoms with Crippen LogP contribution >= 0.6 is 10.0 Å². The summed E-state index contributed by atoms with van der Waals surface area (Å²) in [6, 6.07) is 0. The summed E-state index contributed by atoms with van der Waals surface area (Å²) in [6.45, 7) is 9.78. The van der Waals surface area contributed by atoms with E-state index >= 15 is 0 Å². The molecule has 0 nitrogen and oxygen atoms in total. The molecular formula is C22H42S. The lowest BCUT2D eigenvalue weighted by atomic mass is 9.71. The van der Waals surface area contributed by atoms with Crippen LogP contribution in [0, 0.1) is 29.6 Å². The van der Waals surface area contributed by atoms with E-state index in [4.69, 9.17) is 0 Å². The average molecular weight is 339 g/mol. The summed E-state index contributed by atoms with van der Waals surface area (Å²) >= 11 is 0. The lowest BCUT2D eigenvalue weighted by Gasteiger charge is -2.47. The van der Waals surface area contributed by atoms with Gasteiger partial charge in [0.1, 0.15) is 0 Å². The molecule has 0 aromatic rings. The van der Waals surface area contributed by atoms with Gasteiger partial charge in [0, 0.05) is 0 Å². The van der Waals surface area contributed by atoms with E-state index in [2.05, 4.69) is 46.3 Å². The Morgan fingerprint density at radius 3 is 2.48 bits per heavy atom. The van der Waals surface area contributed by atoms with Crippen LogP contribution in [0.2, 0.25) is 0 Å². The first kappa shape index (κ1) is 19.4. The zero-order valence-electron chi connectivity index (χ0n) is 16.7. The third kappa shape index (κ3) is 5.28. The van der Waals surface area contributed by atoms with E-state index in [0.717, 1.165) is 29.6 Å². The number of hydrogen-bond acceptors (Lipinski definition) is 0. The maximum absolute atomic E-state index is 2.57. The zero-order chi connectivity index (χ0) is 17.0. The van der Waals surface area contributed by atoms with Gasteiger partial charge in [0.25, 0.3) is 0 Å². The Balaban J connectivity index is 1.99. The quantitative estimate of drug-likeness (QED) is 0.443. The molecule has 1 aliphatic heterocycles. The summed E-state index contributed by atoms with van der Waals surface area (Å²) in [4.78, 5) is 0. The highest BCUT2D eigenvalue weighted by atomic mass is 32.3. The molecule has 1 saturated heterocycles. The van der Waals surface area contributed by atoms with Gasteiger partial charge in [0.05, 0.1) is 0 Å². The molecule has 1 heteroatoms. The fraction of sp³-hybridized carbons (Fsp3) is 0.909. The Morgan fingerprint density at radius 1 is 1.26 bits per heavy atom. The van der Waals surface area contributed by atoms with Crippen LogP contribution in [0.1, 0.15) is 72.6 Å². The van der Waals surface area contributed by atoms with Crippen molar-refractivity contribution in [1.82, 2.24) is 0 Å². The molecule has 1 saturated carbocycles. The molecular weight excluding hydrogens is 296 g/mol. The minimum absolute atomic E-state index is 0.380. The van der Waals surface area contributed by atoms with Gasteiger partial charge in [-0.15, -0.1) is 0 Å². The summed E-state index contributed by atoms with van der Waals surface area (Å²) in [7, 11) is -0.380. The van der Waals surface area contributed by atoms with E-state index in [-0.39, 0.29) is 10.0 Å². The Hall–Kier alpha value is 0.0900. The molecule has 0 aromatic heterocycles. The molecule has 2 rings (SSSR count). The molecule has 0 aromatic carbocycles. The van der Waals surface area contributed by atoms with Crippen molar-refractivity contribution in [3.8, 4) is 0 Å². The highest BCUT2D eigenvalue weighted by Crippen LogP contribution is 2.53. The second kappa shape index (κ2) is 8.45. The zero-order valence-corrected chi connectivity index (χ0v) is 17.6. The van der Waals surface area contributed by atoms with Gasteiger partial charge in [-0.25, -0.2) is 10.0 Å². The van der Waals surface area contributed by atoms with Crippen LogP contribution in [-0.4, -0.2) is 24.0 Å². The highest BCUT2D eigenvalue weighted by Gasteiger charge is 2.36. The van der Waals surface area contributed by atoms with Gasteiger partial charge in [0.2, 0.25) is 0 Å². The fourth-order valence-electron chi connectivity index (χ4n) is 5.60. The van der Waals surface area contributed by atoms with Crippen molar-refractivity contribution in [3.05, 3.63) is 11.6 Å². The van der Waals surface area contributed by atoms with Crippen LogP contribution in [0.5, 0.6) is 0 Å². The van der Waals surface area contributed by atoms with Crippen molar-refractivity contribution in [1.29, 1.82) is 0 Å². The minimum atomic E-state index is -0.380. The van der Waals surface area contributed by atoms with E-state index in [9.17, 15) is 0 Å². The Morgan fingerprint density at radius 2 is 1.96 bits per heavy atom. The Bertz CT molecular complexity index is 391. The van der Waals surface area contributed by atoms with Gasteiger partial charge in [0.15, 0.2) is 0 Å². The fourth-order valence-corrected chi connectivity index (χ4v) is 8.61. The van der Waals surface area contributed by atoms with Crippen molar-refractivity contribution in [2.24, 2.45) is 29.6 Å². The summed E-state index contributed by atoms with van der Waals surface area (Å²) in [6.07, 6.45) is 18.0. The normalized spacial score (nSPS) is 33.9. The van der Waals surface area contributed by atoms with Crippen LogP contribution in [0.4, 0.5) is 0 Å². The first-order chi connectivity index (χ1) is 10.9. The van der Waals surface area contributed by atoms with Crippen LogP contribution in [0.3, 0.4) is 0 Å². The summed E-state index contributed by atoms with van der Waals surface area (Å²) in [5, 5.41) is 0. The number of rotatable bonds is 7. The molecule has 23 heavy (non-hydrogen) atoms. The molecule has 0 radical (unpaired) electrons. The van der Waals surface area contributed by atoms with Crippen molar-refractivity contribution < 1.29 is 0 Å². The molecule has 1 heterocycles. The second-order valence-corrected chi connectivity index (χ2v) is 13.5. The van der Waals surface area contributed by atoms with Crippen molar-refractivity contribution >= 4 is 10.0 Å². The van der Waals surface area contributed by atoms with Crippen LogP contribution in [0.15, 0.2) is 11.6 Å². The van der Waals surface area contributed by atoms with Crippen molar-refractivity contribution in [2.75, 3.05) is 24.0 Å². The summed E-state index contributed by atoms with van der Waals surface area (Å²) in [5.41, 5.74) is 1.80. The lowest BCUT2D eigenvalue weighted by molar-refractivity contribution is 0.193. The topological polar surface area (TPSA) is 0 Å². The van der Waals surface area contributed by atoms with E-state index in [1.165, 1.54) is 56.5 Å². The molecule has 4 unspecified atom stereocenters.